The monoisotopic (exact) mass is 195 g/mol. The van der Waals surface area contributed by atoms with Gasteiger partial charge in [-0.1, -0.05) is 5.16 Å². The first-order valence-corrected chi connectivity index (χ1v) is 3.47. The van der Waals surface area contributed by atoms with Crippen molar-refractivity contribution in [1.82, 2.24) is 5.16 Å². The molecule has 0 saturated carbocycles. The Labute approximate surface area is 77.9 Å². The lowest BCUT2D eigenvalue weighted by atomic mass is 10.2. The average Bonchev–Trinajstić information content (AvgIpc) is 2.46. The molecule has 0 fully saturated rings. The number of hydrogen-bond donors (Lipinski definition) is 2. The summed E-state index contributed by atoms with van der Waals surface area (Å²) in [7, 11) is 0. The zero-order chi connectivity index (χ0) is 10.7. The lowest BCUT2D eigenvalue weighted by molar-refractivity contribution is -0.114. The van der Waals surface area contributed by atoms with Crippen LogP contribution in [0.4, 0.5) is 5.88 Å². The van der Waals surface area contributed by atoms with Crippen molar-refractivity contribution in [2.75, 3.05) is 5.32 Å². The first-order valence-electron chi connectivity index (χ1n) is 3.47. The summed E-state index contributed by atoms with van der Waals surface area (Å²) in [6, 6.07) is 1.58. The number of aromatic nitrogens is 1. The first kappa shape index (κ1) is 9.73. The number of anilines is 1. The van der Waals surface area contributed by atoms with E-state index in [9.17, 15) is 9.59 Å². The predicted molar refractivity (Wildman–Crippen MR) is 42.5 cm³/mol. The third kappa shape index (κ3) is 1.69. The van der Waals surface area contributed by atoms with Crippen molar-refractivity contribution in [3.63, 3.8) is 0 Å². The molecule has 0 aliphatic heterocycles. The largest absolute Gasteiger partial charge is 0.476 e. The number of nitriles is 1. The zero-order valence-corrected chi connectivity index (χ0v) is 7.07. The number of rotatable bonds is 2. The van der Waals surface area contributed by atoms with Gasteiger partial charge in [-0.05, 0) is 0 Å². The van der Waals surface area contributed by atoms with Gasteiger partial charge in [0, 0.05) is 6.92 Å². The van der Waals surface area contributed by atoms with E-state index in [0.717, 1.165) is 0 Å². The van der Waals surface area contributed by atoms with Gasteiger partial charge in [0.05, 0.1) is 0 Å². The van der Waals surface area contributed by atoms with Gasteiger partial charge in [-0.3, -0.25) is 10.1 Å². The van der Waals surface area contributed by atoms with Gasteiger partial charge in [0.1, 0.15) is 6.07 Å². The van der Waals surface area contributed by atoms with E-state index < -0.39 is 17.6 Å². The maximum absolute atomic E-state index is 10.6. The summed E-state index contributed by atoms with van der Waals surface area (Å²) in [6.45, 7) is 1.20. The highest BCUT2D eigenvalue weighted by molar-refractivity contribution is 5.93. The SMILES string of the molecule is CC(=O)Nc1onc(C(=O)O)c1C#N. The zero-order valence-electron chi connectivity index (χ0n) is 7.07. The van der Waals surface area contributed by atoms with Crippen LogP contribution >= 0.6 is 0 Å². The van der Waals surface area contributed by atoms with Crippen molar-refractivity contribution >= 4 is 17.8 Å². The topological polar surface area (TPSA) is 116 Å². The summed E-state index contributed by atoms with van der Waals surface area (Å²) in [5.74, 6) is -2.12. The van der Waals surface area contributed by atoms with Gasteiger partial charge >= 0.3 is 5.97 Å². The maximum atomic E-state index is 10.6. The van der Waals surface area contributed by atoms with Crippen LogP contribution in [-0.2, 0) is 4.79 Å². The number of carboxylic acid groups (broad SMARTS) is 1. The van der Waals surface area contributed by atoms with Crippen molar-refractivity contribution in [3.8, 4) is 6.07 Å². The molecule has 1 heterocycles. The number of carbonyl (C=O) groups is 2. The molecule has 1 rings (SSSR count). The molecule has 0 aliphatic rings. The summed E-state index contributed by atoms with van der Waals surface area (Å²) >= 11 is 0. The minimum Gasteiger partial charge on any atom is -0.476 e. The van der Waals surface area contributed by atoms with Gasteiger partial charge in [0.15, 0.2) is 5.56 Å². The van der Waals surface area contributed by atoms with Gasteiger partial charge in [0.2, 0.25) is 17.5 Å². The van der Waals surface area contributed by atoms with Crippen molar-refractivity contribution in [2.45, 2.75) is 6.92 Å². The molecule has 7 nitrogen and oxygen atoms in total. The molecule has 1 amide bonds. The highest BCUT2D eigenvalue weighted by Crippen LogP contribution is 2.18. The van der Waals surface area contributed by atoms with Crippen LogP contribution in [0.25, 0.3) is 0 Å². The van der Waals surface area contributed by atoms with E-state index in [1.54, 1.807) is 6.07 Å². The Hall–Kier alpha value is -2.36. The van der Waals surface area contributed by atoms with Crippen LogP contribution in [0, 0.1) is 11.3 Å². The number of nitrogens with one attached hydrogen (secondary N) is 1. The molecule has 2 N–H and O–H groups in total. The lowest BCUT2D eigenvalue weighted by Crippen LogP contribution is -2.07. The molecular formula is C7H5N3O4. The molecule has 7 heteroatoms. The highest BCUT2D eigenvalue weighted by atomic mass is 16.5. The van der Waals surface area contributed by atoms with Crippen molar-refractivity contribution < 1.29 is 19.2 Å². The van der Waals surface area contributed by atoms with Gasteiger partial charge in [0.25, 0.3) is 0 Å². The Morgan fingerprint density at radius 2 is 2.29 bits per heavy atom. The Bertz CT molecular complexity index is 429. The van der Waals surface area contributed by atoms with Crippen molar-refractivity contribution in [1.29, 1.82) is 5.26 Å². The highest BCUT2D eigenvalue weighted by Gasteiger charge is 2.21. The average molecular weight is 195 g/mol. The first-order chi connectivity index (χ1) is 6.56. The van der Waals surface area contributed by atoms with Crippen LogP contribution in [-0.4, -0.2) is 22.1 Å². The van der Waals surface area contributed by atoms with Crippen LogP contribution in [0.1, 0.15) is 23.0 Å². The summed E-state index contributed by atoms with van der Waals surface area (Å²) in [5, 5.41) is 22.4. The van der Waals surface area contributed by atoms with E-state index in [0.29, 0.717) is 0 Å². The summed E-state index contributed by atoms with van der Waals surface area (Å²) < 4.78 is 4.47. The number of aromatic carboxylic acids is 1. The molecule has 0 spiro atoms. The minimum atomic E-state index is -1.39. The van der Waals surface area contributed by atoms with Gasteiger partial charge in [-0.25, -0.2) is 4.79 Å². The normalized spacial score (nSPS) is 9.14. The van der Waals surface area contributed by atoms with Crippen molar-refractivity contribution in [3.05, 3.63) is 11.3 Å². The molecule has 0 bridgehead atoms. The molecule has 1 aromatic heterocycles. The Morgan fingerprint density at radius 3 is 2.71 bits per heavy atom. The third-order valence-electron chi connectivity index (χ3n) is 1.30. The van der Waals surface area contributed by atoms with Crippen LogP contribution in [0.15, 0.2) is 4.52 Å². The van der Waals surface area contributed by atoms with E-state index >= 15 is 0 Å². The van der Waals surface area contributed by atoms with Crippen LogP contribution in [0.2, 0.25) is 0 Å². The standard InChI is InChI=1S/C7H5N3O4/c1-3(11)9-6-4(2-8)5(7(12)13)10-14-6/h1H3,(H,9,11)(H,12,13). The molecule has 72 valence electrons. The fourth-order valence-corrected chi connectivity index (χ4v) is 0.785. The van der Waals surface area contributed by atoms with E-state index in [4.69, 9.17) is 10.4 Å². The van der Waals surface area contributed by atoms with Crippen LogP contribution in [0.3, 0.4) is 0 Å². The molecule has 0 unspecified atom stereocenters. The molecule has 0 radical (unpaired) electrons. The van der Waals surface area contributed by atoms with Crippen molar-refractivity contribution in [2.24, 2.45) is 0 Å². The molecule has 0 saturated heterocycles. The second-order valence-corrected chi connectivity index (χ2v) is 2.33. The lowest BCUT2D eigenvalue weighted by Gasteiger charge is -1.93. The van der Waals surface area contributed by atoms with E-state index in [1.165, 1.54) is 6.92 Å². The molecule has 0 atom stereocenters. The second-order valence-electron chi connectivity index (χ2n) is 2.33. The summed E-state index contributed by atoms with van der Waals surface area (Å²) in [4.78, 5) is 21.1. The fourth-order valence-electron chi connectivity index (χ4n) is 0.785. The maximum Gasteiger partial charge on any atom is 0.359 e. The van der Waals surface area contributed by atoms with Crippen LogP contribution < -0.4 is 5.32 Å². The van der Waals surface area contributed by atoms with Gasteiger partial charge in [-0.2, -0.15) is 5.26 Å². The number of nitrogens with zero attached hydrogens (tertiary/aromatic N) is 2. The Balaban J connectivity index is 3.15. The predicted octanol–water partition coefficient (Wildman–Crippen LogP) is 0.203. The van der Waals surface area contributed by atoms with Gasteiger partial charge < -0.3 is 9.63 Å². The smallest absolute Gasteiger partial charge is 0.359 e. The fraction of sp³-hybridized carbons (Fsp3) is 0.143. The quantitative estimate of drug-likeness (QED) is 0.696. The van der Waals surface area contributed by atoms with Crippen LogP contribution in [0.5, 0.6) is 0 Å². The number of carbonyl (C=O) groups excluding carboxylic acids is 1. The molecule has 0 aliphatic carbocycles. The summed E-state index contributed by atoms with van der Waals surface area (Å²) in [5.41, 5.74) is -0.816. The number of carboxylic acids is 1. The van der Waals surface area contributed by atoms with E-state index in [-0.39, 0.29) is 11.4 Å². The number of hydrogen-bond acceptors (Lipinski definition) is 5. The molecule has 1 aromatic rings. The Morgan fingerprint density at radius 1 is 1.64 bits per heavy atom. The minimum absolute atomic E-state index is 0.252. The third-order valence-corrected chi connectivity index (χ3v) is 1.30. The molecule has 14 heavy (non-hydrogen) atoms. The van der Waals surface area contributed by atoms with E-state index in [1.807, 2.05) is 0 Å². The molecular weight excluding hydrogens is 190 g/mol. The Kier molecular flexibility index (Phi) is 2.48. The number of amides is 1. The second kappa shape index (κ2) is 3.57. The summed E-state index contributed by atoms with van der Waals surface area (Å²) in [6.07, 6.45) is 0. The molecule has 0 aromatic carbocycles. The van der Waals surface area contributed by atoms with Gasteiger partial charge in [-0.15, -0.1) is 0 Å². The van der Waals surface area contributed by atoms with E-state index in [2.05, 4.69) is 15.0 Å².